The summed E-state index contributed by atoms with van der Waals surface area (Å²) in [6.07, 6.45) is 4.06. The van der Waals surface area contributed by atoms with Gasteiger partial charge in [-0.05, 0) is 29.2 Å². The number of para-hydroxylation sites is 1. The van der Waals surface area contributed by atoms with Crippen LogP contribution in [-0.2, 0) is 12.8 Å². The predicted octanol–water partition coefficient (Wildman–Crippen LogP) is 6.23. The van der Waals surface area contributed by atoms with Crippen LogP contribution in [0.4, 0.5) is 0 Å². The van der Waals surface area contributed by atoms with Crippen LogP contribution in [-0.4, -0.2) is 9.97 Å². The van der Waals surface area contributed by atoms with Crippen molar-refractivity contribution in [3.05, 3.63) is 95.9 Å². The third-order valence-electron chi connectivity index (χ3n) is 4.92. The summed E-state index contributed by atoms with van der Waals surface area (Å²) in [4.78, 5) is 9.66. The van der Waals surface area contributed by atoms with Crippen LogP contribution in [0.5, 0.6) is 0 Å². The van der Waals surface area contributed by atoms with E-state index in [1.807, 2.05) is 6.07 Å². The molecule has 2 heteroatoms. The zero-order valence-corrected chi connectivity index (χ0v) is 15.7. The summed E-state index contributed by atoms with van der Waals surface area (Å²) < 4.78 is 0. The van der Waals surface area contributed by atoms with Gasteiger partial charge in [0.25, 0.3) is 0 Å². The molecule has 2 nitrogen and oxygen atoms in total. The van der Waals surface area contributed by atoms with Gasteiger partial charge in [-0.1, -0.05) is 86.1 Å². The summed E-state index contributed by atoms with van der Waals surface area (Å²) in [7, 11) is 0. The van der Waals surface area contributed by atoms with Crippen molar-refractivity contribution in [3.8, 4) is 11.1 Å². The highest BCUT2D eigenvalue weighted by molar-refractivity contribution is 5.81. The van der Waals surface area contributed by atoms with Crippen LogP contribution in [0.15, 0.2) is 78.9 Å². The van der Waals surface area contributed by atoms with E-state index in [1.165, 1.54) is 16.7 Å². The summed E-state index contributed by atoms with van der Waals surface area (Å²) in [5, 5.41) is 1.16. The van der Waals surface area contributed by atoms with Crippen LogP contribution < -0.4 is 0 Å². The molecule has 1 aromatic heterocycles. The molecule has 0 bridgehead atoms. The Bertz CT molecular complexity index is 1020. The molecule has 0 aliphatic carbocycles. The fourth-order valence-electron chi connectivity index (χ4n) is 3.42. The van der Waals surface area contributed by atoms with E-state index >= 15 is 0 Å². The molecule has 1 heterocycles. The molecule has 0 spiro atoms. The van der Waals surface area contributed by atoms with Gasteiger partial charge in [-0.2, -0.15) is 0 Å². The van der Waals surface area contributed by atoms with Gasteiger partial charge < -0.3 is 0 Å². The Hall–Kier alpha value is -3.00. The Labute approximate surface area is 160 Å². The lowest BCUT2D eigenvalue weighted by Gasteiger charge is -2.09. The van der Waals surface area contributed by atoms with Gasteiger partial charge in [0.15, 0.2) is 0 Å². The van der Waals surface area contributed by atoms with Crippen molar-refractivity contribution >= 4 is 10.9 Å². The number of hydrogen-bond acceptors (Lipinski definition) is 2. The standard InChI is InChI=1S/C25H24N2/c1-2-3-13-25-26-23-12-8-7-11-22(23)24(27-25)18-19-14-16-21(17-15-19)20-9-5-4-6-10-20/h4-12,14-17H,2-3,13,18H2,1H3. The number of unbranched alkanes of at least 4 members (excludes halogenated alkanes) is 1. The highest BCUT2D eigenvalue weighted by atomic mass is 14.9. The first-order chi connectivity index (χ1) is 13.3. The molecule has 27 heavy (non-hydrogen) atoms. The smallest absolute Gasteiger partial charge is 0.129 e. The lowest BCUT2D eigenvalue weighted by Crippen LogP contribution is -2.02. The van der Waals surface area contributed by atoms with Gasteiger partial charge in [-0.15, -0.1) is 0 Å². The van der Waals surface area contributed by atoms with Gasteiger partial charge in [-0.25, -0.2) is 9.97 Å². The zero-order valence-electron chi connectivity index (χ0n) is 15.7. The second-order valence-corrected chi connectivity index (χ2v) is 6.95. The average Bonchev–Trinajstić information content (AvgIpc) is 2.73. The summed E-state index contributed by atoms with van der Waals surface area (Å²) in [6, 6.07) is 27.7. The van der Waals surface area contributed by atoms with E-state index in [9.17, 15) is 0 Å². The Kier molecular flexibility index (Phi) is 5.24. The van der Waals surface area contributed by atoms with Crippen molar-refractivity contribution in [2.45, 2.75) is 32.6 Å². The number of benzene rings is 3. The van der Waals surface area contributed by atoms with Gasteiger partial charge in [0.05, 0.1) is 11.2 Å². The second kappa shape index (κ2) is 8.13. The van der Waals surface area contributed by atoms with E-state index in [4.69, 9.17) is 9.97 Å². The van der Waals surface area contributed by atoms with E-state index in [1.54, 1.807) is 0 Å². The zero-order chi connectivity index (χ0) is 18.5. The number of hydrogen-bond donors (Lipinski definition) is 0. The maximum Gasteiger partial charge on any atom is 0.129 e. The maximum atomic E-state index is 4.90. The first kappa shape index (κ1) is 17.4. The van der Waals surface area contributed by atoms with Crippen LogP contribution in [0.1, 0.15) is 36.8 Å². The normalized spacial score (nSPS) is 11.0. The highest BCUT2D eigenvalue weighted by Gasteiger charge is 2.09. The Morgan fingerprint density at radius 1 is 0.704 bits per heavy atom. The maximum absolute atomic E-state index is 4.90. The quantitative estimate of drug-likeness (QED) is 0.411. The fraction of sp³-hybridized carbons (Fsp3) is 0.200. The minimum Gasteiger partial charge on any atom is -0.237 e. The van der Waals surface area contributed by atoms with E-state index in [0.29, 0.717) is 0 Å². The van der Waals surface area contributed by atoms with E-state index < -0.39 is 0 Å². The summed E-state index contributed by atoms with van der Waals surface area (Å²) in [6.45, 7) is 2.20. The Morgan fingerprint density at radius 3 is 2.19 bits per heavy atom. The molecule has 4 aromatic rings. The molecule has 134 valence electrons. The number of aryl methyl sites for hydroxylation is 1. The number of fused-ring (bicyclic) bond motifs is 1. The van der Waals surface area contributed by atoms with Crippen molar-refractivity contribution in [2.75, 3.05) is 0 Å². The van der Waals surface area contributed by atoms with Crippen molar-refractivity contribution < 1.29 is 0 Å². The lowest BCUT2D eigenvalue weighted by molar-refractivity contribution is 0.751. The van der Waals surface area contributed by atoms with Gasteiger partial charge in [0.2, 0.25) is 0 Å². The molecular weight excluding hydrogens is 328 g/mol. The van der Waals surface area contributed by atoms with Gasteiger partial charge >= 0.3 is 0 Å². The first-order valence-corrected chi connectivity index (χ1v) is 9.72. The van der Waals surface area contributed by atoms with Crippen molar-refractivity contribution in [1.29, 1.82) is 0 Å². The van der Waals surface area contributed by atoms with Gasteiger partial charge in [0.1, 0.15) is 5.82 Å². The molecule has 4 rings (SSSR count). The molecule has 0 unspecified atom stereocenters. The largest absolute Gasteiger partial charge is 0.237 e. The van der Waals surface area contributed by atoms with Crippen LogP contribution in [0.3, 0.4) is 0 Å². The van der Waals surface area contributed by atoms with E-state index in [0.717, 1.165) is 48.1 Å². The number of aromatic nitrogens is 2. The van der Waals surface area contributed by atoms with Crippen molar-refractivity contribution in [2.24, 2.45) is 0 Å². The van der Waals surface area contributed by atoms with Crippen LogP contribution >= 0.6 is 0 Å². The van der Waals surface area contributed by atoms with Gasteiger partial charge in [-0.3, -0.25) is 0 Å². The minimum absolute atomic E-state index is 0.831. The van der Waals surface area contributed by atoms with Crippen molar-refractivity contribution in [3.63, 3.8) is 0 Å². The molecular formula is C25H24N2. The number of rotatable bonds is 6. The second-order valence-electron chi connectivity index (χ2n) is 6.95. The average molecular weight is 352 g/mol. The molecule has 0 fully saturated rings. The van der Waals surface area contributed by atoms with Gasteiger partial charge in [0, 0.05) is 18.2 Å². The molecule has 0 radical (unpaired) electrons. The van der Waals surface area contributed by atoms with Crippen molar-refractivity contribution in [1.82, 2.24) is 9.97 Å². The molecule has 0 saturated heterocycles. The molecule has 0 saturated carbocycles. The molecule has 0 N–H and O–H groups in total. The fourth-order valence-corrected chi connectivity index (χ4v) is 3.42. The Morgan fingerprint density at radius 2 is 1.41 bits per heavy atom. The topological polar surface area (TPSA) is 25.8 Å². The Balaban J connectivity index is 1.64. The van der Waals surface area contributed by atoms with Crippen LogP contribution in [0.25, 0.3) is 22.0 Å². The molecule has 0 amide bonds. The predicted molar refractivity (Wildman–Crippen MR) is 113 cm³/mol. The molecule has 0 atom stereocenters. The van der Waals surface area contributed by atoms with E-state index in [-0.39, 0.29) is 0 Å². The third kappa shape index (κ3) is 4.06. The number of nitrogens with zero attached hydrogens (tertiary/aromatic N) is 2. The van der Waals surface area contributed by atoms with E-state index in [2.05, 4.69) is 79.7 Å². The summed E-state index contributed by atoms with van der Waals surface area (Å²) in [5.74, 6) is 0.964. The summed E-state index contributed by atoms with van der Waals surface area (Å²) >= 11 is 0. The summed E-state index contributed by atoms with van der Waals surface area (Å²) in [5.41, 5.74) is 5.95. The third-order valence-corrected chi connectivity index (χ3v) is 4.92. The molecule has 0 aliphatic heterocycles. The first-order valence-electron chi connectivity index (χ1n) is 9.72. The molecule has 3 aromatic carbocycles. The SMILES string of the molecule is CCCCc1nc(Cc2ccc(-c3ccccc3)cc2)c2ccccc2n1. The highest BCUT2D eigenvalue weighted by Crippen LogP contribution is 2.23. The van der Waals surface area contributed by atoms with Crippen LogP contribution in [0.2, 0.25) is 0 Å². The minimum atomic E-state index is 0.831. The lowest BCUT2D eigenvalue weighted by atomic mass is 10.0. The molecule has 0 aliphatic rings. The monoisotopic (exact) mass is 352 g/mol. The van der Waals surface area contributed by atoms with Crippen LogP contribution in [0, 0.1) is 0 Å².